The van der Waals surface area contributed by atoms with Crippen molar-refractivity contribution in [3.8, 4) is 0 Å². The molecule has 18 heavy (non-hydrogen) atoms. The molecule has 104 valence electrons. The lowest BCUT2D eigenvalue weighted by Crippen LogP contribution is -2.53. The zero-order valence-corrected chi connectivity index (χ0v) is 12.3. The smallest absolute Gasteiger partial charge is 0.237 e. The number of fused-ring (bicyclic) bond motifs is 2. The van der Waals surface area contributed by atoms with Gasteiger partial charge >= 0.3 is 0 Å². The van der Waals surface area contributed by atoms with E-state index in [4.69, 9.17) is 0 Å². The van der Waals surface area contributed by atoms with Gasteiger partial charge in [-0.3, -0.25) is 4.79 Å². The van der Waals surface area contributed by atoms with Crippen LogP contribution >= 0.6 is 0 Å². The van der Waals surface area contributed by atoms with Crippen LogP contribution in [0.5, 0.6) is 0 Å². The van der Waals surface area contributed by atoms with Gasteiger partial charge in [0.25, 0.3) is 0 Å². The zero-order valence-electron chi connectivity index (χ0n) is 12.3. The first-order valence-corrected chi connectivity index (χ1v) is 7.49. The Bertz CT molecular complexity index is 314. The molecule has 0 saturated heterocycles. The Hall–Kier alpha value is -0.570. The molecule has 3 heteroatoms. The molecule has 0 aromatic carbocycles. The summed E-state index contributed by atoms with van der Waals surface area (Å²) in [5, 5.41) is 6.67. The first-order valence-electron chi connectivity index (χ1n) is 7.49. The van der Waals surface area contributed by atoms with Gasteiger partial charge in [-0.15, -0.1) is 0 Å². The number of carbonyl (C=O) groups excluding carboxylic acids is 1. The lowest BCUT2D eigenvalue weighted by molar-refractivity contribution is -0.124. The van der Waals surface area contributed by atoms with Gasteiger partial charge in [-0.2, -0.15) is 0 Å². The third kappa shape index (κ3) is 3.05. The Morgan fingerprint density at radius 2 is 2.06 bits per heavy atom. The van der Waals surface area contributed by atoms with E-state index in [1.54, 1.807) is 0 Å². The normalized spacial score (nSPS) is 32.6. The van der Waals surface area contributed by atoms with Crippen LogP contribution in [0.25, 0.3) is 0 Å². The lowest BCUT2D eigenvalue weighted by Gasteiger charge is -2.30. The quantitative estimate of drug-likeness (QED) is 0.789. The monoisotopic (exact) mass is 252 g/mol. The minimum Gasteiger partial charge on any atom is -0.350 e. The molecular formula is C15H28N2O. The van der Waals surface area contributed by atoms with Crippen molar-refractivity contribution in [2.24, 2.45) is 11.8 Å². The van der Waals surface area contributed by atoms with Gasteiger partial charge < -0.3 is 10.6 Å². The molecule has 2 aliphatic carbocycles. The Labute approximate surface area is 111 Å². The number of amides is 1. The zero-order chi connectivity index (χ0) is 13.3. The molecule has 1 amide bonds. The standard InChI is InChI=1S/C15H28N2O/c1-5-15(3,4)17-14(18)10(2)16-13-9-11-6-7-12(13)8-11/h10-13,16H,5-9H2,1-4H3,(H,17,18). The summed E-state index contributed by atoms with van der Waals surface area (Å²) in [6.07, 6.45) is 6.38. The van der Waals surface area contributed by atoms with E-state index in [2.05, 4.69) is 31.4 Å². The second kappa shape index (κ2) is 5.20. The van der Waals surface area contributed by atoms with Gasteiger partial charge in [0.05, 0.1) is 6.04 Å². The number of nitrogens with one attached hydrogen (secondary N) is 2. The first-order chi connectivity index (χ1) is 8.41. The fourth-order valence-corrected chi connectivity index (χ4v) is 3.38. The van der Waals surface area contributed by atoms with E-state index >= 15 is 0 Å². The van der Waals surface area contributed by atoms with Crippen molar-refractivity contribution in [3.63, 3.8) is 0 Å². The molecule has 0 heterocycles. The molecule has 0 radical (unpaired) electrons. The lowest BCUT2D eigenvalue weighted by atomic mass is 9.94. The van der Waals surface area contributed by atoms with Gasteiger partial charge in [0.15, 0.2) is 0 Å². The molecular weight excluding hydrogens is 224 g/mol. The van der Waals surface area contributed by atoms with Crippen LogP contribution < -0.4 is 10.6 Å². The molecule has 4 atom stereocenters. The summed E-state index contributed by atoms with van der Waals surface area (Å²) in [7, 11) is 0. The molecule has 4 unspecified atom stereocenters. The summed E-state index contributed by atoms with van der Waals surface area (Å²) in [6, 6.07) is 0.509. The van der Waals surface area contributed by atoms with Crippen LogP contribution in [0.2, 0.25) is 0 Å². The molecule has 2 aliphatic rings. The molecule has 0 aromatic heterocycles. The fourth-order valence-electron chi connectivity index (χ4n) is 3.38. The largest absolute Gasteiger partial charge is 0.350 e. The average molecular weight is 252 g/mol. The summed E-state index contributed by atoms with van der Waals surface area (Å²) >= 11 is 0. The Kier molecular flexibility index (Phi) is 4.00. The van der Waals surface area contributed by atoms with Crippen LogP contribution in [0.3, 0.4) is 0 Å². The van der Waals surface area contributed by atoms with Crippen molar-refractivity contribution in [1.29, 1.82) is 0 Å². The Morgan fingerprint density at radius 3 is 2.56 bits per heavy atom. The summed E-state index contributed by atoms with van der Waals surface area (Å²) in [5.74, 6) is 1.89. The van der Waals surface area contributed by atoms with Crippen LogP contribution in [0.15, 0.2) is 0 Å². The van der Waals surface area contributed by atoms with Gasteiger partial charge in [0, 0.05) is 11.6 Å². The third-order valence-electron chi connectivity index (χ3n) is 4.94. The summed E-state index contributed by atoms with van der Waals surface area (Å²) in [6.45, 7) is 8.26. The third-order valence-corrected chi connectivity index (χ3v) is 4.94. The van der Waals surface area contributed by atoms with Crippen LogP contribution in [-0.4, -0.2) is 23.5 Å². The summed E-state index contributed by atoms with van der Waals surface area (Å²) < 4.78 is 0. The SMILES string of the molecule is CCC(C)(C)NC(=O)C(C)NC1CC2CCC1C2. The highest BCUT2D eigenvalue weighted by atomic mass is 16.2. The van der Waals surface area contributed by atoms with Gasteiger partial charge in [0.1, 0.15) is 0 Å². The molecule has 0 aliphatic heterocycles. The van der Waals surface area contributed by atoms with Crippen LogP contribution in [-0.2, 0) is 4.79 Å². The summed E-state index contributed by atoms with van der Waals surface area (Å²) in [5.41, 5.74) is -0.0955. The fraction of sp³-hybridized carbons (Fsp3) is 0.933. The molecule has 0 spiro atoms. The van der Waals surface area contributed by atoms with E-state index in [1.807, 2.05) is 6.92 Å². The number of rotatable bonds is 5. The van der Waals surface area contributed by atoms with E-state index in [-0.39, 0.29) is 17.5 Å². The highest BCUT2D eigenvalue weighted by Gasteiger charge is 2.40. The van der Waals surface area contributed by atoms with Crippen LogP contribution in [0.4, 0.5) is 0 Å². The van der Waals surface area contributed by atoms with E-state index in [0.717, 1.165) is 18.3 Å². The van der Waals surface area contributed by atoms with Crippen molar-refractivity contribution >= 4 is 5.91 Å². The highest BCUT2D eigenvalue weighted by molar-refractivity contribution is 5.82. The Morgan fingerprint density at radius 1 is 1.33 bits per heavy atom. The average Bonchev–Trinajstić information content (AvgIpc) is 2.90. The maximum Gasteiger partial charge on any atom is 0.237 e. The van der Waals surface area contributed by atoms with E-state index in [9.17, 15) is 4.79 Å². The molecule has 2 N–H and O–H groups in total. The predicted octanol–water partition coefficient (Wildman–Crippen LogP) is 2.46. The Balaban J connectivity index is 1.81. The number of carbonyl (C=O) groups is 1. The molecule has 2 fully saturated rings. The predicted molar refractivity (Wildman–Crippen MR) is 74.3 cm³/mol. The van der Waals surface area contributed by atoms with Gasteiger partial charge in [-0.25, -0.2) is 0 Å². The highest BCUT2D eigenvalue weighted by Crippen LogP contribution is 2.44. The topological polar surface area (TPSA) is 41.1 Å². The molecule has 0 aromatic rings. The minimum atomic E-state index is -0.0955. The maximum absolute atomic E-state index is 12.1. The van der Waals surface area contributed by atoms with Gasteiger partial charge in [-0.1, -0.05) is 13.3 Å². The van der Waals surface area contributed by atoms with Crippen LogP contribution in [0.1, 0.15) is 59.8 Å². The maximum atomic E-state index is 12.1. The summed E-state index contributed by atoms with van der Waals surface area (Å²) in [4.78, 5) is 12.1. The van der Waals surface area contributed by atoms with Crippen molar-refractivity contribution in [2.75, 3.05) is 0 Å². The van der Waals surface area contributed by atoms with E-state index in [0.29, 0.717) is 6.04 Å². The molecule has 3 nitrogen and oxygen atoms in total. The molecule has 2 bridgehead atoms. The van der Waals surface area contributed by atoms with E-state index in [1.165, 1.54) is 25.7 Å². The number of hydrogen-bond donors (Lipinski definition) is 2. The molecule has 2 saturated carbocycles. The molecule has 2 rings (SSSR count). The van der Waals surface area contributed by atoms with Crippen molar-refractivity contribution in [3.05, 3.63) is 0 Å². The van der Waals surface area contributed by atoms with Crippen molar-refractivity contribution in [2.45, 2.75) is 77.4 Å². The first kappa shape index (κ1) is 13.9. The van der Waals surface area contributed by atoms with E-state index < -0.39 is 0 Å². The van der Waals surface area contributed by atoms with Crippen LogP contribution in [0, 0.1) is 11.8 Å². The van der Waals surface area contributed by atoms with Crippen molar-refractivity contribution < 1.29 is 4.79 Å². The minimum absolute atomic E-state index is 0.0693. The second-order valence-corrected chi connectivity index (χ2v) is 6.90. The van der Waals surface area contributed by atoms with Gasteiger partial charge in [-0.05, 0) is 58.3 Å². The second-order valence-electron chi connectivity index (χ2n) is 6.90. The van der Waals surface area contributed by atoms with Crippen molar-refractivity contribution in [1.82, 2.24) is 10.6 Å². The van der Waals surface area contributed by atoms with Gasteiger partial charge in [0.2, 0.25) is 5.91 Å². The number of hydrogen-bond acceptors (Lipinski definition) is 2.